The number of nitrogens with zero attached hydrogens (tertiary/aromatic N) is 2. The fraction of sp³-hybridized carbons (Fsp3) is 0.324. The number of ether oxygens (including phenoxy) is 4. The second kappa shape index (κ2) is 24.7. The zero-order valence-electron chi connectivity index (χ0n) is 49.8. The molecule has 0 amide bonds. The second-order valence-electron chi connectivity index (χ2n) is 26.2. The van der Waals surface area contributed by atoms with Crippen molar-refractivity contribution in [2.45, 2.75) is 157 Å². The highest BCUT2D eigenvalue weighted by Gasteiger charge is 2.30. The molecule has 82 heavy (non-hydrogen) atoms. The molecule has 0 aromatic heterocycles. The summed E-state index contributed by atoms with van der Waals surface area (Å²) in [7, 11) is 0. The van der Waals surface area contributed by atoms with Crippen LogP contribution >= 0.6 is 45.2 Å². The van der Waals surface area contributed by atoms with Gasteiger partial charge in [-0.3, -0.25) is 0 Å². The number of hydrogen-bond donors (Lipinski definition) is 0. The topological polar surface area (TPSA) is 84.5 Å². The van der Waals surface area contributed by atoms with Crippen molar-refractivity contribution in [1.29, 1.82) is 10.5 Å². The van der Waals surface area contributed by atoms with Crippen LogP contribution in [0.3, 0.4) is 0 Å². The van der Waals surface area contributed by atoms with Gasteiger partial charge < -0.3 is 18.9 Å². The first-order valence-corrected chi connectivity index (χ1v) is 30.6. The molecule has 1 aliphatic rings. The maximum atomic E-state index is 9.75. The van der Waals surface area contributed by atoms with E-state index >= 15 is 0 Å². The van der Waals surface area contributed by atoms with Gasteiger partial charge in [-0.15, -0.1) is 0 Å². The van der Waals surface area contributed by atoms with Gasteiger partial charge in [0.15, 0.2) is 0 Å². The van der Waals surface area contributed by atoms with Crippen LogP contribution in [0.25, 0.3) is 0 Å². The quantitative estimate of drug-likeness (QED) is 0.113. The summed E-state index contributed by atoms with van der Waals surface area (Å²) >= 11 is 4.73. The van der Waals surface area contributed by atoms with Crippen molar-refractivity contribution in [3.05, 3.63) is 253 Å². The van der Waals surface area contributed by atoms with Gasteiger partial charge in [-0.05, 0) is 204 Å². The highest BCUT2D eigenvalue weighted by molar-refractivity contribution is 14.1. The van der Waals surface area contributed by atoms with E-state index in [1.54, 1.807) is 0 Å². The molecular formula is C74H76I2N2O4. The Kier molecular flexibility index (Phi) is 18.1. The summed E-state index contributed by atoms with van der Waals surface area (Å²) in [5, 5.41) is 19.5. The summed E-state index contributed by atoms with van der Waals surface area (Å²) in [5.41, 5.74) is 17.9. The van der Waals surface area contributed by atoms with Crippen LogP contribution in [0.2, 0.25) is 0 Å². The normalized spacial score (nSPS) is 12.7. The second-order valence-corrected chi connectivity index (χ2v) is 28.7. The van der Waals surface area contributed by atoms with Crippen molar-refractivity contribution in [3.63, 3.8) is 0 Å². The Labute approximate surface area is 515 Å². The summed E-state index contributed by atoms with van der Waals surface area (Å²) in [5.74, 6) is 3.37. The van der Waals surface area contributed by atoms with E-state index in [4.69, 9.17) is 18.9 Å². The summed E-state index contributed by atoms with van der Waals surface area (Å²) < 4.78 is 31.6. The molecule has 420 valence electrons. The number of fused-ring (bicyclic) bond motifs is 8. The maximum Gasteiger partial charge on any atom is 0.126 e. The predicted molar refractivity (Wildman–Crippen MR) is 350 cm³/mol. The molecule has 0 N–H and O–H groups in total. The molecule has 8 bridgehead atoms. The van der Waals surface area contributed by atoms with Crippen molar-refractivity contribution in [3.8, 4) is 35.1 Å². The first kappa shape index (κ1) is 60.0. The standard InChI is InChI=1S/C74H76I2N2O4/c1-71(2,3)61-33-53-29-57-37-63(73(7,8)9)39-59(69(57)81-45-51-21-25-65(75)26-22-51)31-55-35-62(72(4,5)6)36-56(68(55)80-44-50-19-15-48(42-78)16-20-50)32-60-40-64(74(10,11)12)38-58(70(60)82-46-52-23-27-66(76)28-24-52)30-54(34-61)67(53)79-43-49-17-13-47(41-77)14-18-49/h13-28,33-40H,29-32,43-46H2,1-12H3. The zero-order valence-corrected chi connectivity index (χ0v) is 54.1. The van der Waals surface area contributed by atoms with Gasteiger partial charge in [0, 0.05) is 32.8 Å². The highest BCUT2D eigenvalue weighted by atomic mass is 127. The van der Waals surface area contributed by atoms with Crippen LogP contribution in [0.1, 0.15) is 183 Å². The summed E-state index contributed by atoms with van der Waals surface area (Å²) in [6, 6.07) is 56.2. The maximum absolute atomic E-state index is 9.75. The number of rotatable bonds is 12. The van der Waals surface area contributed by atoms with E-state index in [2.05, 4.69) is 237 Å². The van der Waals surface area contributed by atoms with Crippen LogP contribution in [0.5, 0.6) is 23.0 Å². The Morgan fingerprint density at radius 1 is 0.317 bits per heavy atom. The van der Waals surface area contributed by atoms with E-state index in [9.17, 15) is 10.5 Å². The monoisotopic (exact) mass is 1310 g/mol. The number of hydrogen-bond acceptors (Lipinski definition) is 6. The van der Waals surface area contributed by atoms with Crippen LogP contribution in [0.15, 0.2) is 146 Å². The zero-order chi connectivity index (χ0) is 58.7. The highest BCUT2D eigenvalue weighted by Crippen LogP contribution is 2.45. The Bertz CT molecular complexity index is 3350. The van der Waals surface area contributed by atoms with Gasteiger partial charge in [0.05, 0.1) is 23.3 Å². The average molecular weight is 1310 g/mol. The average Bonchev–Trinajstić information content (AvgIpc) is 3.42. The van der Waals surface area contributed by atoms with Crippen molar-refractivity contribution < 1.29 is 18.9 Å². The van der Waals surface area contributed by atoms with Crippen LogP contribution in [-0.2, 0) is 73.8 Å². The lowest BCUT2D eigenvalue weighted by Gasteiger charge is -2.29. The van der Waals surface area contributed by atoms with E-state index in [-0.39, 0.29) is 21.7 Å². The third kappa shape index (κ3) is 14.8. The van der Waals surface area contributed by atoms with E-state index in [1.165, 1.54) is 29.4 Å². The molecule has 1 aliphatic carbocycles. The fourth-order valence-corrected chi connectivity index (χ4v) is 11.2. The van der Waals surface area contributed by atoms with Crippen molar-refractivity contribution >= 4 is 45.2 Å². The van der Waals surface area contributed by atoms with Gasteiger partial charge in [0.2, 0.25) is 0 Å². The Balaban J connectivity index is 1.38. The minimum absolute atomic E-state index is 0.219. The molecule has 0 spiro atoms. The van der Waals surface area contributed by atoms with E-state index in [0.717, 1.165) is 89.8 Å². The smallest absolute Gasteiger partial charge is 0.126 e. The van der Waals surface area contributed by atoms with Crippen molar-refractivity contribution in [2.75, 3.05) is 0 Å². The lowest BCUT2D eigenvalue weighted by molar-refractivity contribution is 0.293. The SMILES string of the molecule is CC(C)(C)c1cc2c(OCc3ccc(I)cc3)c(c1)Cc1cc(C(C)(C)C)cc(c1OCc1ccc(C#N)cc1)Cc1cc(C(C)(C)C)cc(c1OCc1ccc(I)cc1)Cc1cc(C(C)(C)C)cc(c1OCc1ccc(C#N)cc1)C2. The molecule has 0 atom stereocenters. The Morgan fingerprint density at radius 2 is 0.500 bits per heavy atom. The van der Waals surface area contributed by atoms with Crippen LogP contribution in [0.4, 0.5) is 0 Å². The lowest BCUT2D eigenvalue weighted by Crippen LogP contribution is -2.17. The van der Waals surface area contributed by atoms with Crippen molar-refractivity contribution in [2.24, 2.45) is 0 Å². The van der Waals surface area contributed by atoms with Gasteiger partial charge in [0.25, 0.3) is 0 Å². The fourth-order valence-electron chi connectivity index (χ4n) is 10.5. The van der Waals surface area contributed by atoms with Crippen LogP contribution in [0, 0.1) is 29.8 Å². The third-order valence-electron chi connectivity index (χ3n) is 15.5. The molecule has 8 aromatic rings. The minimum atomic E-state index is -0.220. The van der Waals surface area contributed by atoms with Gasteiger partial charge in [-0.25, -0.2) is 0 Å². The van der Waals surface area contributed by atoms with Gasteiger partial charge >= 0.3 is 0 Å². The number of halogens is 2. The van der Waals surface area contributed by atoms with Crippen molar-refractivity contribution in [1.82, 2.24) is 0 Å². The molecule has 0 heterocycles. The molecule has 0 fully saturated rings. The first-order valence-electron chi connectivity index (χ1n) is 28.4. The Hall–Kier alpha value is -6.60. The molecular weight excluding hydrogens is 1230 g/mol. The molecule has 0 radical (unpaired) electrons. The summed E-state index contributed by atoms with van der Waals surface area (Å²) in [6.07, 6.45) is 2.10. The Morgan fingerprint density at radius 3 is 0.671 bits per heavy atom. The first-order chi connectivity index (χ1) is 38.8. The molecule has 0 saturated heterocycles. The summed E-state index contributed by atoms with van der Waals surface area (Å²) in [4.78, 5) is 0. The van der Waals surface area contributed by atoms with Crippen LogP contribution in [-0.4, -0.2) is 0 Å². The minimum Gasteiger partial charge on any atom is -0.488 e. The molecule has 9 rings (SSSR count). The predicted octanol–water partition coefficient (Wildman–Crippen LogP) is 18.8. The molecule has 0 aliphatic heterocycles. The van der Waals surface area contributed by atoms with E-state index in [0.29, 0.717) is 63.2 Å². The largest absolute Gasteiger partial charge is 0.488 e. The third-order valence-corrected chi connectivity index (χ3v) is 16.9. The molecule has 6 nitrogen and oxygen atoms in total. The molecule has 8 aromatic carbocycles. The van der Waals surface area contributed by atoms with E-state index < -0.39 is 0 Å². The molecule has 8 heteroatoms. The number of nitriles is 2. The molecule has 0 saturated carbocycles. The van der Waals surface area contributed by atoms with Crippen LogP contribution < -0.4 is 18.9 Å². The number of benzene rings is 8. The lowest BCUT2D eigenvalue weighted by atomic mass is 9.79. The molecule has 0 unspecified atom stereocenters. The van der Waals surface area contributed by atoms with Gasteiger partial charge in [-0.2, -0.15) is 10.5 Å². The van der Waals surface area contributed by atoms with E-state index in [1.807, 2.05) is 48.5 Å². The van der Waals surface area contributed by atoms with Gasteiger partial charge in [0.1, 0.15) is 49.4 Å². The van der Waals surface area contributed by atoms with Gasteiger partial charge in [-0.1, -0.05) is 180 Å². The summed E-state index contributed by atoms with van der Waals surface area (Å²) in [6.45, 7) is 28.9.